The number of nitrogens with zero attached hydrogens (tertiary/aromatic N) is 3. The van der Waals surface area contributed by atoms with Crippen LogP contribution in [0.2, 0.25) is 0 Å². The van der Waals surface area contributed by atoms with Gasteiger partial charge in [-0.15, -0.1) is 0 Å². The third-order valence-corrected chi connectivity index (χ3v) is 3.69. The van der Waals surface area contributed by atoms with Crippen molar-refractivity contribution in [2.24, 2.45) is 0 Å². The number of anilines is 1. The van der Waals surface area contributed by atoms with Crippen LogP contribution in [0.15, 0.2) is 6.07 Å². The van der Waals surface area contributed by atoms with Gasteiger partial charge in [0.1, 0.15) is 11.6 Å². The second-order valence-corrected chi connectivity index (χ2v) is 5.70. The molecule has 0 bridgehead atoms. The normalized spacial score (nSPS) is 17.2. The Morgan fingerprint density at radius 1 is 1.32 bits per heavy atom. The zero-order chi connectivity index (χ0) is 13.8. The van der Waals surface area contributed by atoms with Crippen molar-refractivity contribution in [3.63, 3.8) is 0 Å². The molecule has 0 amide bonds. The molecule has 1 fully saturated rings. The van der Waals surface area contributed by atoms with E-state index in [9.17, 15) is 0 Å². The first-order chi connectivity index (χ1) is 9.10. The van der Waals surface area contributed by atoms with Crippen LogP contribution in [0.4, 0.5) is 5.82 Å². The van der Waals surface area contributed by atoms with E-state index in [-0.39, 0.29) is 0 Å². The minimum Gasteiger partial charge on any atom is -0.356 e. The van der Waals surface area contributed by atoms with Crippen molar-refractivity contribution in [1.29, 1.82) is 0 Å². The number of aryl methyl sites for hydroxylation is 1. The molecule has 2 rings (SSSR count). The van der Waals surface area contributed by atoms with E-state index < -0.39 is 0 Å². The third kappa shape index (κ3) is 3.66. The molecule has 4 heteroatoms. The van der Waals surface area contributed by atoms with Gasteiger partial charge in [-0.2, -0.15) is 0 Å². The molecule has 0 unspecified atom stereocenters. The van der Waals surface area contributed by atoms with Crippen molar-refractivity contribution in [2.75, 3.05) is 24.5 Å². The molecule has 106 valence electrons. The number of piperidine rings is 1. The van der Waals surface area contributed by atoms with Crippen LogP contribution < -0.4 is 10.2 Å². The molecule has 2 heterocycles. The number of nitrogens with one attached hydrogen (secondary N) is 1. The fraction of sp³-hybridized carbons (Fsp3) is 0.733. The van der Waals surface area contributed by atoms with Gasteiger partial charge in [0, 0.05) is 36.8 Å². The maximum Gasteiger partial charge on any atom is 0.133 e. The Balaban J connectivity index is 2.06. The number of aromatic nitrogens is 2. The number of rotatable bonds is 4. The summed E-state index contributed by atoms with van der Waals surface area (Å²) >= 11 is 0. The average Bonchev–Trinajstić information content (AvgIpc) is 2.39. The van der Waals surface area contributed by atoms with Crippen molar-refractivity contribution in [1.82, 2.24) is 15.3 Å². The molecule has 0 aliphatic carbocycles. The number of hydrogen-bond acceptors (Lipinski definition) is 4. The fourth-order valence-electron chi connectivity index (χ4n) is 2.60. The first kappa shape index (κ1) is 14.3. The zero-order valence-corrected chi connectivity index (χ0v) is 12.6. The molecule has 0 aromatic carbocycles. The van der Waals surface area contributed by atoms with Crippen LogP contribution in [0.3, 0.4) is 0 Å². The lowest BCUT2D eigenvalue weighted by Gasteiger charge is -2.33. The molecule has 19 heavy (non-hydrogen) atoms. The highest BCUT2D eigenvalue weighted by molar-refractivity contribution is 5.40. The zero-order valence-electron chi connectivity index (χ0n) is 12.6. The van der Waals surface area contributed by atoms with Crippen LogP contribution in [0.5, 0.6) is 0 Å². The molecule has 1 aromatic heterocycles. The summed E-state index contributed by atoms with van der Waals surface area (Å²) in [6.45, 7) is 11.8. The first-order valence-electron chi connectivity index (χ1n) is 7.44. The summed E-state index contributed by atoms with van der Waals surface area (Å²) in [5, 5.41) is 3.54. The lowest BCUT2D eigenvalue weighted by atomic mass is 10.1. The van der Waals surface area contributed by atoms with Gasteiger partial charge in [-0.05, 0) is 26.3 Å². The Morgan fingerprint density at radius 2 is 2.00 bits per heavy atom. The lowest BCUT2D eigenvalue weighted by molar-refractivity contribution is 0.422. The van der Waals surface area contributed by atoms with E-state index in [1.165, 1.54) is 12.8 Å². The fourth-order valence-corrected chi connectivity index (χ4v) is 2.60. The summed E-state index contributed by atoms with van der Waals surface area (Å²) in [5.41, 5.74) is 1.07. The lowest BCUT2D eigenvalue weighted by Crippen LogP contribution is -2.42. The summed E-state index contributed by atoms with van der Waals surface area (Å²) in [4.78, 5) is 11.6. The van der Waals surface area contributed by atoms with Crippen LogP contribution in [-0.2, 0) is 0 Å². The van der Waals surface area contributed by atoms with Gasteiger partial charge in [-0.1, -0.05) is 20.8 Å². The van der Waals surface area contributed by atoms with Gasteiger partial charge in [-0.25, -0.2) is 9.97 Å². The quantitative estimate of drug-likeness (QED) is 0.905. The minimum absolute atomic E-state index is 0.387. The smallest absolute Gasteiger partial charge is 0.133 e. The summed E-state index contributed by atoms with van der Waals surface area (Å²) in [6, 6.07) is 2.79. The standard InChI is InChI=1S/C15H26N4/c1-5-16-13-6-8-19(9-7-13)14-10-12(4)17-15(18-14)11(2)3/h10-11,13,16H,5-9H2,1-4H3. The van der Waals surface area contributed by atoms with Crippen LogP contribution in [0.25, 0.3) is 0 Å². The second kappa shape index (κ2) is 6.33. The minimum atomic E-state index is 0.387. The number of hydrogen-bond donors (Lipinski definition) is 1. The van der Waals surface area contributed by atoms with Gasteiger partial charge < -0.3 is 10.2 Å². The van der Waals surface area contributed by atoms with E-state index in [0.29, 0.717) is 12.0 Å². The van der Waals surface area contributed by atoms with Crippen LogP contribution in [0, 0.1) is 6.92 Å². The molecule has 1 aliphatic heterocycles. The summed E-state index contributed by atoms with van der Waals surface area (Å²) in [7, 11) is 0. The van der Waals surface area contributed by atoms with E-state index in [4.69, 9.17) is 4.98 Å². The van der Waals surface area contributed by atoms with E-state index in [1.807, 2.05) is 0 Å². The Labute approximate surface area is 116 Å². The van der Waals surface area contributed by atoms with E-state index in [2.05, 4.69) is 49.0 Å². The Hall–Kier alpha value is -1.16. The van der Waals surface area contributed by atoms with Crippen LogP contribution in [0.1, 0.15) is 51.0 Å². The molecule has 0 atom stereocenters. The van der Waals surface area contributed by atoms with E-state index >= 15 is 0 Å². The van der Waals surface area contributed by atoms with Gasteiger partial charge in [-0.3, -0.25) is 0 Å². The van der Waals surface area contributed by atoms with Gasteiger partial charge in [0.25, 0.3) is 0 Å². The van der Waals surface area contributed by atoms with Crippen molar-refractivity contribution >= 4 is 5.82 Å². The third-order valence-electron chi connectivity index (χ3n) is 3.69. The Morgan fingerprint density at radius 3 is 2.58 bits per heavy atom. The van der Waals surface area contributed by atoms with Gasteiger partial charge in [0.2, 0.25) is 0 Å². The first-order valence-corrected chi connectivity index (χ1v) is 7.44. The topological polar surface area (TPSA) is 41.0 Å². The molecular formula is C15H26N4. The predicted molar refractivity (Wildman–Crippen MR) is 79.8 cm³/mol. The van der Waals surface area contributed by atoms with E-state index in [1.54, 1.807) is 0 Å². The molecule has 1 aromatic rings. The predicted octanol–water partition coefficient (Wildman–Crippen LogP) is 2.49. The van der Waals surface area contributed by atoms with Crippen molar-refractivity contribution in [3.8, 4) is 0 Å². The van der Waals surface area contributed by atoms with Gasteiger partial charge >= 0.3 is 0 Å². The van der Waals surface area contributed by atoms with Crippen molar-refractivity contribution in [2.45, 2.75) is 52.5 Å². The maximum atomic E-state index is 4.72. The monoisotopic (exact) mass is 262 g/mol. The molecule has 1 aliphatic rings. The summed E-state index contributed by atoms with van der Waals surface area (Å²) < 4.78 is 0. The Bertz CT molecular complexity index is 409. The molecular weight excluding hydrogens is 236 g/mol. The highest BCUT2D eigenvalue weighted by atomic mass is 15.2. The largest absolute Gasteiger partial charge is 0.356 e. The highest BCUT2D eigenvalue weighted by Gasteiger charge is 2.20. The molecule has 1 saturated heterocycles. The summed E-state index contributed by atoms with van der Waals surface area (Å²) in [6.07, 6.45) is 2.40. The molecule has 0 spiro atoms. The van der Waals surface area contributed by atoms with Gasteiger partial charge in [0.15, 0.2) is 0 Å². The molecule has 4 nitrogen and oxygen atoms in total. The highest BCUT2D eigenvalue weighted by Crippen LogP contribution is 2.21. The molecule has 1 N–H and O–H groups in total. The van der Waals surface area contributed by atoms with Crippen LogP contribution >= 0.6 is 0 Å². The summed E-state index contributed by atoms with van der Waals surface area (Å²) in [5.74, 6) is 2.45. The average molecular weight is 262 g/mol. The molecule has 0 saturated carbocycles. The van der Waals surface area contributed by atoms with Crippen molar-refractivity contribution in [3.05, 3.63) is 17.6 Å². The van der Waals surface area contributed by atoms with Gasteiger partial charge in [0.05, 0.1) is 0 Å². The van der Waals surface area contributed by atoms with E-state index in [0.717, 1.165) is 37.0 Å². The maximum absolute atomic E-state index is 4.72. The Kier molecular flexibility index (Phi) is 4.75. The second-order valence-electron chi connectivity index (χ2n) is 5.70. The van der Waals surface area contributed by atoms with Crippen LogP contribution in [-0.4, -0.2) is 35.6 Å². The molecule has 0 radical (unpaired) electrons. The van der Waals surface area contributed by atoms with Crippen molar-refractivity contribution < 1.29 is 0 Å². The SMILES string of the molecule is CCNC1CCN(c2cc(C)nc(C(C)C)n2)CC1.